The van der Waals surface area contributed by atoms with Crippen LogP contribution in [0.4, 0.5) is 4.39 Å². The van der Waals surface area contributed by atoms with Gasteiger partial charge in [-0.15, -0.1) is 0 Å². The Balaban J connectivity index is 2.63. The Hall–Kier alpha value is -1.64. The van der Waals surface area contributed by atoms with E-state index in [9.17, 15) is 9.18 Å². The molecule has 3 heteroatoms. The minimum absolute atomic E-state index is 0.0451. The maximum atomic E-state index is 12.6. The molecule has 13 heavy (non-hydrogen) atoms. The molecule has 0 heterocycles. The van der Waals surface area contributed by atoms with E-state index in [2.05, 4.69) is 0 Å². The molecule has 0 bridgehead atoms. The molecule has 0 unspecified atom stereocenters. The minimum Gasteiger partial charge on any atom is -0.481 e. The monoisotopic (exact) mass is 180 g/mol. The van der Waals surface area contributed by atoms with Gasteiger partial charge in [0.2, 0.25) is 0 Å². The predicted octanol–water partition coefficient (Wildman–Crippen LogP) is 2.31. The Morgan fingerprint density at radius 2 is 2.31 bits per heavy atom. The van der Waals surface area contributed by atoms with Gasteiger partial charge in [-0.3, -0.25) is 4.79 Å². The molecule has 1 N–H and O–H groups in total. The summed E-state index contributed by atoms with van der Waals surface area (Å²) in [5.74, 6) is -1.22. The lowest BCUT2D eigenvalue weighted by molar-refractivity contribution is -0.135. The zero-order chi connectivity index (χ0) is 9.68. The van der Waals surface area contributed by atoms with Crippen LogP contribution in [0.5, 0.6) is 0 Å². The highest BCUT2D eigenvalue weighted by atomic mass is 19.1. The van der Waals surface area contributed by atoms with E-state index in [-0.39, 0.29) is 12.2 Å². The topological polar surface area (TPSA) is 37.3 Å². The number of hydrogen-bond donors (Lipinski definition) is 1. The van der Waals surface area contributed by atoms with Crippen LogP contribution in [-0.4, -0.2) is 11.1 Å². The molecule has 0 saturated carbocycles. The quantitative estimate of drug-likeness (QED) is 0.774. The molecule has 1 rings (SSSR count). The van der Waals surface area contributed by atoms with Crippen LogP contribution in [-0.2, 0) is 4.79 Å². The Morgan fingerprint density at radius 1 is 1.54 bits per heavy atom. The summed E-state index contributed by atoms with van der Waals surface area (Å²) in [6.07, 6.45) is 3.02. The summed E-state index contributed by atoms with van der Waals surface area (Å²) in [7, 11) is 0. The van der Waals surface area contributed by atoms with Crippen LogP contribution in [0.1, 0.15) is 12.0 Å². The lowest BCUT2D eigenvalue weighted by atomic mass is 10.2. The highest BCUT2D eigenvalue weighted by Crippen LogP contribution is 2.05. The molecule has 0 aliphatic carbocycles. The number of halogens is 1. The van der Waals surface area contributed by atoms with Gasteiger partial charge in [0.15, 0.2) is 0 Å². The Bertz CT molecular complexity index is 331. The van der Waals surface area contributed by atoms with Gasteiger partial charge in [0.1, 0.15) is 5.82 Å². The van der Waals surface area contributed by atoms with E-state index in [0.717, 1.165) is 0 Å². The zero-order valence-electron chi connectivity index (χ0n) is 6.90. The SMILES string of the molecule is O=C(O)C/C=C\c1cccc(F)c1. The van der Waals surface area contributed by atoms with E-state index >= 15 is 0 Å². The van der Waals surface area contributed by atoms with Crippen molar-refractivity contribution in [2.75, 3.05) is 0 Å². The summed E-state index contributed by atoms with van der Waals surface area (Å²) in [6, 6.07) is 5.98. The first-order valence-electron chi connectivity index (χ1n) is 3.82. The van der Waals surface area contributed by atoms with Crippen LogP contribution in [0, 0.1) is 5.82 Å². The molecule has 2 nitrogen and oxygen atoms in total. The smallest absolute Gasteiger partial charge is 0.307 e. The second kappa shape index (κ2) is 4.40. The van der Waals surface area contributed by atoms with Crippen LogP contribution in [0.2, 0.25) is 0 Å². The largest absolute Gasteiger partial charge is 0.481 e. The van der Waals surface area contributed by atoms with Crippen LogP contribution in [0.15, 0.2) is 30.3 Å². The van der Waals surface area contributed by atoms with Crippen LogP contribution in [0.25, 0.3) is 6.08 Å². The highest BCUT2D eigenvalue weighted by molar-refractivity contribution is 5.70. The van der Waals surface area contributed by atoms with Crippen LogP contribution in [0.3, 0.4) is 0 Å². The summed E-state index contributed by atoms with van der Waals surface area (Å²) in [5.41, 5.74) is 0.668. The number of benzene rings is 1. The third kappa shape index (κ3) is 3.51. The molecule has 0 aliphatic rings. The highest BCUT2D eigenvalue weighted by Gasteiger charge is 1.92. The van der Waals surface area contributed by atoms with E-state index in [1.165, 1.54) is 18.2 Å². The van der Waals surface area contributed by atoms with Gasteiger partial charge in [-0.25, -0.2) is 4.39 Å². The molecule has 1 aromatic rings. The van der Waals surface area contributed by atoms with E-state index in [1.807, 2.05) is 0 Å². The van der Waals surface area contributed by atoms with Gasteiger partial charge in [-0.05, 0) is 17.7 Å². The van der Waals surface area contributed by atoms with Crippen LogP contribution >= 0.6 is 0 Å². The van der Waals surface area contributed by atoms with Gasteiger partial charge in [-0.2, -0.15) is 0 Å². The molecule has 0 aromatic heterocycles. The minimum atomic E-state index is -0.896. The lowest BCUT2D eigenvalue weighted by Gasteiger charge is -1.92. The number of carboxylic acid groups (broad SMARTS) is 1. The van der Waals surface area contributed by atoms with Gasteiger partial charge in [0.25, 0.3) is 0 Å². The number of aliphatic carboxylic acids is 1. The first-order valence-corrected chi connectivity index (χ1v) is 3.82. The van der Waals surface area contributed by atoms with Crippen molar-refractivity contribution in [3.63, 3.8) is 0 Å². The number of rotatable bonds is 3. The molecule has 0 amide bonds. The van der Waals surface area contributed by atoms with Gasteiger partial charge in [-0.1, -0.05) is 24.3 Å². The van der Waals surface area contributed by atoms with Crippen molar-refractivity contribution in [1.82, 2.24) is 0 Å². The summed E-state index contributed by atoms with van der Waals surface area (Å²) in [4.78, 5) is 10.1. The van der Waals surface area contributed by atoms with Crippen molar-refractivity contribution in [3.8, 4) is 0 Å². The summed E-state index contributed by atoms with van der Waals surface area (Å²) < 4.78 is 12.6. The molecule has 0 saturated heterocycles. The van der Waals surface area contributed by atoms with Crippen molar-refractivity contribution in [2.45, 2.75) is 6.42 Å². The second-order valence-corrected chi connectivity index (χ2v) is 2.56. The molecular weight excluding hydrogens is 171 g/mol. The Labute approximate surface area is 75.3 Å². The molecular formula is C10H9FO2. The Kier molecular flexibility index (Phi) is 3.20. The predicted molar refractivity (Wildman–Crippen MR) is 47.7 cm³/mol. The van der Waals surface area contributed by atoms with Gasteiger partial charge in [0, 0.05) is 0 Å². The third-order valence-electron chi connectivity index (χ3n) is 1.45. The first kappa shape index (κ1) is 9.45. The van der Waals surface area contributed by atoms with Gasteiger partial charge >= 0.3 is 5.97 Å². The van der Waals surface area contributed by atoms with E-state index < -0.39 is 5.97 Å². The van der Waals surface area contributed by atoms with E-state index in [1.54, 1.807) is 18.2 Å². The lowest BCUT2D eigenvalue weighted by Crippen LogP contribution is -1.89. The fraction of sp³-hybridized carbons (Fsp3) is 0.100. The number of hydrogen-bond acceptors (Lipinski definition) is 1. The number of carboxylic acids is 1. The Morgan fingerprint density at radius 3 is 2.92 bits per heavy atom. The normalized spacial score (nSPS) is 10.5. The maximum Gasteiger partial charge on any atom is 0.307 e. The second-order valence-electron chi connectivity index (χ2n) is 2.56. The molecule has 0 aliphatic heterocycles. The third-order valence-corrected chi connectivity index (χ3v) is 1.45. The van der Waals surface area contributed by atoms with Gasteiger partial charge < -0.3 is 5.11 Å². The fourth-order valence-corrected chi connectivity index (χ4v) is 0.906. The zero-order valence-corrected chi connectivity index (χ0v) is 6.90. The maximum absolute atomic E-state index is 12.6. The van der Waals surface area contributed by atoms with Crippen molar-refractivity contribution in [1.29, 1.82) is 0 Å². The van der Waals surface area contributed by atoms with E-state index in [4.69, 9.17) is 5.11 Å². The molecule has 0 fully saturated rings. The summed E-state index contributed by atoms with van der Waals surface area (Å²) >= 11 is 0. The first-order chi connectivity index (χ1) is 6.18. The standard InChI is InChI=1S/C10H9FO2/c11-9-5-1-3-8(7-9)4-2-6-10(12)13/h1-5,7H,6H2,(H,12,13)/b4-2-. The van der Waals surface area contributed by atoms with Gasteiger partial charge in [0.05, 0.1) is 6.42 Å². The van der Waals surface area contributed by atoms with Crippen molar-refractivity contribution >= 4 is 12.0 Å². The van der Waals surface area contributed by atoms with Crippen molar-refractivity contribution in [3.05, 3.63) is 41.7 Å². The molecule has 0 radical (unpaired) electrons. The van der Waals surface area contributed by atoms with E-state index in [0.29, 0.717) is 5.56 Å². The van der Waals surface area contributed by atoms with Crippen molar-refractivity contribution < 1.29 is 14.3 Å². The van der Waals surface area contributed by atoms with Crippen molar-refractivity contribution in [2.24, 2.45) is 0 Å². The number of carbonyl (C=O) groups is 1. The summed E-state index contributed by atoms with van der Waals surface area (Å²) in [6.45, 7) is 0. The molecule has 1 aromatic carbocycles. The molecule has 68 valence electrons. The molecule has 0 atom stereocenters. The van der Waals surface area contributed by atoms with Crippen LogP contribution < -0.4 is 0 Å². The average Bonchev–Trinajstić information content (AvgIpc) is 2.03. The average molecular weight is 180 g/mol. The fourth-order valence-electron chi connectivity index (χ4n) is 0.906. The molecule has 0 spiro atoms. The summed E-state index contributed by atoms with van der Waals surface area (Å²) in [5, 5.41) is 8.32.